The van der Waals surface area contributed by atoms with E-state index in [1.54, 1.807) is 0 Å². The van der Waals surface area contributed by atoms with Gasteiger partial charge in [-0.05, 0) is 58.3 Å². The van der Waals surface area contributed by atoms with Gasteiger partial charge in [0.05, 0.1) is 0 Å². The molecule has 2 rings (SSSR count). The Morgan fingerprint density at radius 2 is 1.92 bits per heavy atom. The maximum absolute atomic E-state index is 3.46. The van der Waals surface area contributed by atoms with Crippen LogP contribution in [0.3, 0.4) is 0 Å². The van der Waals surface area contributed by atoms with Crippen molar-refractivity contribution in [2.24, 2.45) is 0 Å². The molecule has 0 amide bonds. The highest BCUT2D eigenvalue weighted by molar-refractivity contribution is 4.77. The third-order valence-corrected chi connectivity index (χ3v) is 3.40. The molecule has 0 aromatic heterocycles. The fourth-order valence-corrected chi connectivity index (χ4v) is 2.33. The Bertz CT molecular complexity index is 137. The third-order valence-electron chi connectivity index (χ3n) is 3.40. The van der Waals surface area contributed by atoms with E-state index in [-0.39, 0.29) is 0 Å². The van der Waals surface area contributed by atoms with Crippen molar-refractivity contribution in [1.82, 2.24) is 10.2 Å². The largest absolute Gasteiger partial charge is 0.314 e. The van der Waals surface area contributed by atoms with Crippen molar-refractivity contribution in [1.29, 1.82) is 0 Å². The van der Waals surface area contributed by atoms with E-state index in [4.69, 9.17) is 0 Å². The van der Waals surface area contributed by atoms with Gasteiger partial charge in [0.25, 0.3) is 0 Å². The van der Waals surface area contributed by atoms with Gasteiger partial charge >= 0.3 is 0 Å². The number of hydrogen-bond acceptors (Lipinski definition) is 2. The molecule has 0 radical (unpaired) electrons. The van der Waals surface area contributed by atoms with Gasteiger partial charge in [-0.25, -0.2) is 0 Å². The zero-order valence-electron chi connectivity index (χ0n) is 8.60. The minimum Gasteiger partial charge on any atom is -0.314 e. The molecule has 2 aliphatic rings. The van der Waals surface area contributed by atoms with Crippen LogP contribution in [0.25, 0.3) is 0 Å². The van der Waals surface area contributed by atoms with Crippen LogP contribution in [0.15, 0.2) is 0 Å². The van der Waals surface area contributed by atoms with Crippen LogP contribution in [0.1, 0.15) is 38.5 Å². The average molecular weight is 182 g/mol. The lowest BCUT2D eigenvalue weighted by Gasteiger charge is -2.27. The van der Waals surface area contributed by atoms with E-state index >= 15 is 0 Å². The quantitative estimate of drug-likeness (QED) is 0.650. The topological polar surface area (TPSA) is 15.3 Å². The minimum absolute atomic E-state index is 0.874. The molecule has 1 unspecified atom stereocenters. The minimum atomic E-state index is 0.874. The molecule has 2 saturated heterocycles. The van der Waals surface area contributed by atoms with Crippen LogP contribution in [0.5, 0.6) is 0 Å². The SMILES string of the molecule is C(CCN1CCCC1)CC1CCN1. The van der Waals surface area contributed by atoms with E-state index in [2.05, 4.69) is 10.2 Å². The Morgan fingerprint density at radius 1 is 1.15 bits per heavy atom. The van der Waals surface area contributed by atoms with Crippen molar-refractivity contribution in [2.75, 3.05) is 26.2 Å². The molecule has 2 heteroatoms. The Hall–Kier alpha value is -0.0800. The third kappa shape index (κ3) is 2.96. The summed E-state index contributed by atoms with van der Waals surface area (Å²) in [5.74, 6) is 0. The number of nitrogens with one attached hydrogen (secondary N) is 1. The molecule has 0 aliphatic carbocycles. The number of nitrogens with zero attached hydrogens (tertiary/aromatic N) is 1. The first-order chi connectivity index (χ1) is 6.45. The second kappa shape index (κ2) is 4.97. The Balaban J connectivity index is 1.43. The summed E-state index contributed by atoms with van der Waals surface area (Å²) in [4.78, 5) is 2.62. The van der Waals surface area contributed by atoms with Crippen LogP contribution in [-0.2, 0) is 0 Å². The van der Waals surface area contributed by atoms with Gasteiger partial charge in [-0.15, -0.1) is 0 Å². The van der Waals surface area contributed by atoms with Crippen molar-refractivity contribution in [2.45, 2.75) is 44.6 Å². The van der Waals surface area contributed by atoms with Gasteiger partial charge in [0.1, 0.15) is 0 Å². The number of rotatable bonds is 5. The molecular weight excluding hydrogens is 160 g/mol. The average Bonchev–Trinajstić information content (AvgIpc) is 2.53. The van der Waals surface area contributed by atoms with Crippen molar-refractivity contribution >= 4 is 0 Å². The lowest BCUT2D eigenvalue weighted by molar-refractivity contribution is 0.304. The maximum Gasteiger partial charge on any atom is 0.00791 e. The summed E-state index contributed by atoms with van der Waals surface area (Å²) >= 11 is 0. The summed E-state index contributed by atoms with van der Waals surface area (Å²) in [5, 5.41) is 3.46. The lowest BCUT2D eigenvalue weighted by Crippen LogP contribution is -2.42. The molecule has 2 heterocycles. The first kappa shape index (κ1) is 9.47. The highest BCUT2D eigenvalue weighted by Gasteiger charge is 2.15. The van der Waals surface area contributed by atoms with Gasteiger partial charge in [0.2, 0.25) is 0 Å². The molecule has 0 aromatic rings. The first-order valence-corrected chi connectivity index (χ1v) is 5.91. The second-order valence-corrected chi connectivity index (χ2v) is 4.48. The summed E-state index contributed by atoms with van der Waals surface area (Å²) in [7, 11) is 0. The molecule has 13 heavy (non-hydrogen) atoms. The molecule has 2 aliphatic heterocycles. The van der Waals surface area contributed by atoms with E-state index in [9.17, 15) is 0 Å². The summed E-state index contributed by atoms with van der Waals surface area (Å²) < 4.78 is 0. The molecule has 2 fully saturated rings. The monoisotopic (exact) mass is 182 g/mol. The molecule has 0 aromatic carbocycles. The first-order valence-electron chi connectivity index (χ1n) is 5.91. The van der Waals surface area contributed by atoms with Gasteiger partial charge in [0, 0.05) is 6.04 Å². The summed E-state index contributed by atoms with van der Waals surface area (Å²) in [6.45, 7) is 5.34. The smallest absolute Gasteiger partial charge is 0.00791 e. The maximum atomic E-state index is 3.46. The molecule has 2 nitrogen and oxygen atoms in total. The Labute approximate surface area is 81.7 Å². The van der Waals surface area contributed by atoms with E-state index in [1.165, 1.54) is 64.7 Å². The van der Waals surface area contributed by atoms with Crippen LogP contribution in [-0.4, -0.2) is 37.1 Å². The van der Waals surface area contributed by atoms with E-state index in [0.717, 1.165) is 6.04 Å². The van der Waals surface area contributed by atoms with Crippen LogP contribution >= 0.6 is 0 Å². The number of hydrogen-bond donors (Lipinski definition) is 1. The molecule has 0 saturated carbocycles. The fraction of sp³-hybridized carbons (Fsp3) is 1.00. The molecule has 1 atom stereocenters. The van der Waals surface area contributed by atoms with Crippen molar-refractivity contribution in [3.63, 3.8) is 0 Å². The van der Waals surface area contributed by atoms with Gasteiger partial charge in [-0.3, -0.25) is 0 Å². The van der Waals surface area contributed by atoms with Gasteiger partial charge in [-0.2, -0.15) is 0 Å². The van der Waals surface area contributed by atoms with E-state index < -0.39 is 0 Å². The standard InChI is InChI=1S/C11H22N2/c1(5-11-6-7-12-11)2-8-13-9-3-4-10-13/h11-12H,1-10H2. The highest BCUT2D eigenvalue weighted by atomic mass is 15.1. The molecule has 0 spiro atoms. The van der Waals surface area contributed by atoms with Gasteiger partial charge in [0.15, 0.2) is 0 Å². The Morgan fingerprint density at radius 3 is 2.54 bits per heavy atom. The normalized spacial score (nSPS) is 29.1. The van der Waals surface area contributed by atoms with Crippen LogP contribution in [0.2, 0.25) is 0 Å². The predicted molar refractivity (Wildman–Crippen MR) is 55.9 cm³/mol. The molecule has 1 N–H and O–H groups in total. The van der Waals surface area contributed by atoms with Crippen LogP contribution in [0.4, 0.5) is 0 Å². The van der Waals surface area contributed by atoms with Crippen molar-refractivity contribution in [3.05, 3.63) is 0 Å². The summed E-state index contributed by atoms with van der Waals surface area (Å²) in [6.07, 6.45) is 8.54. The van der Waals surface area contributed by atoms with E-state index in [1.807, 2.05) is 0 Å². The zero-order chi connectivity index (χ0) is 8.93. The molecular formula is C11H22N2. The fourth-order valence-electron chi connectivity index (χ4n) is 2.33. The summed E-state index contributed by atoms with van der Waals surface area (Å²) in [6, 6.07) is 0.874. The Kier molecular flexibility index (Phi) is 3.62. The number of unbranched alkanes of at least 4 members (excludes halogenated alkanes) is 1. The van der Waals surface area contributed by atoms with Crippen molar-refractivity contribution < 1.29 is 0 Å². The zero-order valence-corrected chi connectivity index (χ0v) is 8.60. The highest BCUT2D eigenvalue weighted by Crippen LogP contribution is 2.13. The lowest BCUT2D eigenvalue weighted by atomic mass is 10.0. The van der Waals surface area contributed by atoms with Gasteiger partial charge in [-0.1, -0.05) is 6.42 Å². The van der Waals surface area contributed by atoms with Crippen LogP contribution < -0.4 is 5.32 Å². The molecule has 76 valence electrons. The van der Waals surface area contributed by atoms with Crippen LogP contribution in [0, 0.1) is 0 Å². The summed E-state index contributed by atoms with van der Waals surface area (Å²) in [5.41, 5.74) is 0. The second-order valence-electron chi connectivity index (χ2n) is 4.48. The van der Waals surface area contributed by atoms with E-state index in [0.29, 0.717) is 0 Å². The predicted octanol–water partition coefficient (Wildman–Crippen LogP) is 1.61. The molecule has 0 bridgehead atoms. The van der Waals surface area contributed by atoms with Gasteiger partial charge < -0.3 is 10.2 Å². The number of likely N-dealkylation sites (tertiary alicyclic amines) is 1. The van der Waals surface area contributed by atoms with Crippen molar-refractivity contribution in [3.8, 4) is 0 Å².